The molecule has 132 valence electrons. The van der Waals surface area contributed by atoms with Gasteiger partial charge < -0.3 is 5.32 Å². The molecule has 3 nitrogen and oxygen atoms in total. The first-order valence-electron chi connectivity index (χ1n) is 9.76. The molecule has 4 atom stereocenters. The average molecular weight is 329 g/mol. The summed E-state index contributed by atoms with van der Waals surface area (Å²) in [4.78, 5) is 15.2. The normalized spacial score (nSPS) is 30.7. The van der Waals surface area contributed by atoms with Crippen molar-refractivity contribution in [3.8, 4) is 0 Å². The minimum atomic E-state index is 0.224. The van der Waals surface area contributed by atoms with Crippen LogP contribution in [0.4, 0.5) is 0 Å². The van der Waals surface area contributed by atoms with Gasteiger partial charge in [0.1, 0.15) is 0 Å². The molecular weight excluding hydrogens is 296 g/mol. The molecule has 2 aliphatic rings. The minimum Gasteiger partial charge on any atom is -0.356 e. The molecule has 0 saturated carbocycles. The van der Waals surface area contributed by atoms with Crippen molar-refractivity contribution >= 4 is 5.91 Å². The summed E-state index contributed by atoms with van der Waals surface area (Å²) in [5.74, 6) is 2.39. The summed E-state index contributed by atoms with van der Waals surface area (Å²) in [5.41, 5.74) is 1.40. The lowest BCUT2D eigenvalue weighted by Gasteiger charge is -2.30. The van der Waals surface area contributed by atoms with E-state index in [1.54, 1.807) is 0 Å². The van der Waals surface area contributed by atoms with E-state index >= 15 is 0 Å². The lowest BCUT2D eigenvalue weighted by molar-refractivity contribution is -0.126. The highest BCUT2D eigenvalue weighted by atomic mass is 16.1. The molecule has 4 unspecified atom stereocenters. The number of hydrogen-bond acceptors (Lipinski definition) is 2. The first kappa shape index (κ1) is 17.5. The lowest BCUT2D eigenvalue weighted by Crippen LogP contribution is -2.35. The molecule has 24 heavy (non-hydrogen) atoms. The Bertz CT molecular complexity index is 530. The van der Waals surface area contributed by atoms with Gasteiger partial charge in [-0.15, -0.1) is 0 Å². The van der Waals surface area contributed by atoms with E-state index in [2.05, 4.69) is 54.4 Å². The Balaban J connectivity index is 1.73. The van der Waals surface area contributed by atoms with Crippen LogP contribution in [-0.2, 0) is 11.3 Å². The largest absolute Gasteiger partial charge is 0.356 e. The summed E-state index contributed by atoms with van der Waals surface area (Å²) in [6.07, 6.45) is 4.51. The summed E-state index contributed by atoms with van der Waals surface area (Å²) >= 11 is 0. The van der Waals surface area contributed by atoms with Crippen molar-refractivity contribution in [2.24, 2.45) is 23.7 Å². The zero-order valence-electron chi connectivity index (χ0n) is 15.2. The zero-order chi connectivity index (χ0) is 16.9. The molecule has 2 aliphatic heterocycles. The van der Waals surface area contributed by atoms with Crippen LogP contribution in [-0.4, -0.2) is 30.4 Å². The second kappa shape index (κ2) is 8.15. The minimum absolute atomic E-state index is 0.224. The Morgan fingerprint density at radius 1 is 1.08 bits per heavy atom. The smallest absolute Gasteiger partial charge is 0.223 e. The monoisotopic (exact) mass is 328 g/mol. The van der Waals surface area contributed by atoms with Gasteiger partial charge in [0.05, 0.1) is 0 Å². The molecule has 2 heterocycles. The standard InChI is InChI=1S/C21H32N2O/c1-3-8-18-19(9-4-2)21(24)22-12-17-14-23(15-20(17)18)13-16-10-6-5-7-11-16/h5-7,10-11,17-20H,3-4,8-9,12-15H2,1-2H3,(H,22,24). The van der Waals surface area contributed by atoms with E-state index in [4.69, 9.17) is 0 Å². The van der Waals surface area contributed by atoms with E-state index in [1.165, 1.54) is 18.4 Å². The molecule has 0 spiro atoms. The van der Waals surface area contributed by atoms with Crippen LogP contribution in [0.15, 0.2) is 30.3 Å². The SMILES string of the molecule is CCCC1C(=O)NCC2CN(Cc3ccccc3)CC2C1CCC. The van der Waals surface area contributed by atoms with Gasteiger partial charge in [-0.2, -0.15) is 0 Å². The number of nitrogens with zero attached hydrogens (tertiary/aromatic N) is 1. The molecule has 3 heteroatoms. The Labute approximate surface area is 146 Å². The third-order valence-electron chi connectivity index (χ3n) is 5.98. The Hall–Kier alpha value is -1.35. The lowest BCUT2D eigenvalue weighted by atomic mass is 9.73. The maximum Gasteiger partial charge on any atom is 0.223 e. The van der Waals surface area contributed by atoms with Crippen molar-refractivity contribution in [3.05, 3.63) is 35.9 Å². The molecule has 0 aromatic heterocycles. The molecule has 0 aliphatic carbocycles. The van der Waals surface area contributed by atoms with Crippen LogP contribution in [0.5, 0.6) is 0 Å². The number of fused-ring (bicyclic) bond motifs is 1. The predicted octanol–water partition coefficient (Wildman–Crippen LogP) is 3.70. The molecule has 0 radical (unpaired) electrons. The van der Waals surface area contributed by atoms with E-state index < -0.39 is 0 Å². The Morgan fingerprint density at radius 3 is 2.54 bits per heavy atom. The van der Waals surface area contributed by atoms with Gasteiger partial charge in [0.25, 0.3) is 0 Å². The molecule has 2 fully saturated rings. The number of carbonyl (C=O) groups is 1. The fourth-order valence-corrected chi connectivity index (χ4v) is 4.92. The predicted molar refractivity (Wildman–Crippen MR) is 98.5 cm³/mol. The topological polar surface area (TPSA) is 32.3 Å². The molecule has 1 aromatic rings. The Kier molecular flexibility index (Phi) is 5.94. The highest BCUT2D eigenvalue weighted by molar-refractivity contribution is 5.79. The fraction of sp³-hybridized carbons (Fsp3) is 0.667. The van der Waals surface area contributed by atoms with Gasteiger partial charge in [0, 0.05) is 32.1 Å². The molecule has 2 saturated heterocycles. The number of benzene rings is 1. The van der Waals surface area contributed by atoms with Crippen molar-refractivity contribution in [2.75, 3.05) is 19.6 Å². The maximum atomic E-state index is 12.6. The Morgan fingerprint density at radius 2 is 1.83 bits per heavy atom. The van der Waals surface area contributed by atoms with Crippen LogP contribution in [0.2, 0.25) is 0 Å². The molecule has 1 aromatic carbocycles. The summed E-state index contributed by atoms with van der Waals surface area (Å²) in [6, 6.07) is 10.8. The van der Waals surface area contributed by atoms with Crippen LogP contribution in [0.3, 0.4) is 0 Å². The molecular formula is C21H32N2O. The second-order valence-electron chi connectivity index (χ2n) is 7.70. The summed E-state index contributed by atoms with van der Waals surface area (Å²) < 4.78 is 0. The van der Waals surface area contributed by atoms with E-state index in [-0.39, 0.29) is 5.92 Å². The van der Waals surface area contributed by atoms with E-state index in [9.17, 15) is 4.79 Å². The number of amides is 1. The van der Waals surface area contributed by atoms with E-state index in [1.807, 2.05) is 0 Å². The number of likely N-dealkylation sites (tertiary alicyclic amines) is 1. The van der Waals surface area contributed by atoms with Crippen LogP contribution in [0.1, 0.15) is 45.1 Å². The highest BCUT2D eigenvalue weighted by Gasteiger charge is 2.44. The maximum absolute atomic E-state index is 12.6. The van der Waals surface area contributed by atoms with Gasteiger partial charge in [0.15, 0.2) is 0 Å². The zero-order valence-corrected chi connectivity index (χ0v) is 15.2. The van der Waals surface area contributed by atoms with Gasteiger partial charge >= 0.3 is 0 Å². The van der Waals surface area contributed by atoms with Gasteiger partial charge in [-0.25, -0.2) is 0 Å². The third kappa shape index (κ3) is 3.83. The molecule has 0 bridgehead atoms. The van der Waals surface area contributed by atoms with Crippen molar-refractivity contribution in [1.82, 2.24) is 10.2 Å². The summed E-state index contributed by atoms with van der Waals surface area (Å²) in [7, 11) is 0. The quantitative estimate of drug-likeness (QED) is 0.863. The van der Waals surface area contributed by atoms with Crippen LogP contribution in [0.25, 0.3) is 0 Å². The number of hydrogen-bond donors (Lipinski definition) is 1. The van der Waals surface area contributed by atoms with E-state index in [0.29, 0.717) is 23.7 Å². The van der Waals surface area contributed by atoms with Crippen molar-refractivity contribution in [2.45, 2.75) is 46.1 Å². The van der Waals surface area contributed by atoms with Crippen LogP contribution < -0.4 is 5.32 Å². The third-order valence-corrected chi connectivity index (χ3v) is 5.98. The number of nitrogens with one attached hydrogen (secondary N) is 1. The molecule has 3 rings (SSSR count). The van der Waals surface area contributed by atoms with Crippen LogP contribution >= 0.6 is 0 Å². The van der Waals surface area contributed by atoms with E-state index in [0.717, 1.165) is 39.0 Å². The highest BCUT2D eigenvalue weighted by Crippen LogP contribution is 2.40. The fourth-order valence-electron chi connectivity index (χ4n) is 4.92. The van der Waals surface area contributed by atoms with Gasteiger partial charge in [-0.1, -0.05) is 57.0 Å². The second-order valence-corrected chi connectivity index (χ2v) is 7.70. The average Bonchev–Trinajstić information content (AvgIpc) is 2.94. The number of rotatable bonds is 6. The van der Waals surface area contributed by atoms with Crippen LogP contribution in [0, 0.1) is 23.7 Å². The van der Waals surface area contributed by atoms with Gasteiger partial charge in [-0.05, 0) is 36.2 Å². The summed E-state index contributed by atoms with van der Waals surface area (Å²) in [5, 5.41) is 3.26. The summed E-state index contributed by atoms with van der Waals surface area (Å²) in [6.45, 7) is 8.65. The molecule has 1 amide bonds. The van der Waals surface area contributed by atoms with Crippen molar-refractivity contribution in [1.29, 1.82) is 0 Å². The van der Waals surface area contributed by atoms with Crippen molar-refractivity contribution in [3.63, 3.8) is 0 Å². The van der Waals surface area contributed by atoms with Gasteiger partial charge in [-0.3, -0.25) is 9.69 Å². The molecule has 1 N–H and O–H groups in total. The van der Waals surface area contributed by atoms with Gasteiger partial charge in [0.2, 0.25) is 5.91 Å². The first-order chi connectivity index (χ1) is 11.7. The number of carbonyl (C=O) groups excluding carboxylic acids is 1. The first-order valence-corrected chi connectivity index (χ1v) is 9.76. The van der Waals surface area contributed by atoms with Crippen molar-refractivity contribution < 1.29 is 4.79 Å².